The van der Waals surface area contributed by atoms with Crippen LogP contribution in [-0.2, 0) is 10.0 Å². The first-order valence-electron chi connectivity index (χ1n) is 5.54. The van der Waals surface area contributed by atoms with Crippen molar-refractivity contribution in [2.24, 2.45) is 0 Å². The van der Waals surface area contributed by atoms with E-state index in [0.717, 1.165) is 12.8 Å². The van der Waals surface area contributed by atoms with Crippen molar-refractivity contribution in [3.63, 3.8) is 0 Å². The van der Waals surface area contributed by atoms with Gasteiger partial charge in [-0.05, 0) is 19.3 Å². The van der Waals surface area contributed by atoms with Crippen molar-refractivity contribution in [2.75, 3.05) is 12.3 Å². The zero-order valence-electron chi connectivity index (χ0n) is 9.28. The van der Waals surface area contributed by atoms with Crippen LogP contribution in [0, 0.1) is 11.3 Å². The summed E-state index contributed by atoms with van der Waals surface area (Å²) in [6.45, 7) is 0.0991. The minimum absolute atomic E-state index is 0.0450. The molecule has 92 valence electrons. The summed E-state index contributed by atoms with van der Waals surface area (Å²) in [6, 6.07) is 1.90. The highest BCUT2D eigenvalue weighted by atomic mass is 32.2. The lowest BCUT2D eigenvalue weighted by Crippen LogP contribution is -2.41. The number of rotatable bonds is 6. The molecule has 1 fully saturated rings. The molecule has 0 saturated heterocycles. The second-order valence-corrected chi connectivity index (χ2v) is 6.26. The zero-order chi connectivity index (χ0) is 12.1. The molecule has 16 heavy (non-hydrogen) atoms. The van der Waals surface area contributed by atoms with E-state index in [1.807, 2.05) is 6.07 Å². The number of aliphatic hydroxyl groups is 1. The lowest BCUT2D eigenvalue weighted by atomic mass is 10.0. The van der Waals surface area contributed by atoms with Crippen LogP contribution in [0.3, 0.4) is 0 Å². The first-order valence-corrected chi connectivity index (χ1v) is 7.19. The quantitative estimate of drug-likeness (QED) is 0.668. The minimum atomic E-state index is -3.34. The molecule has 0 aliphatic heterocycles. The third kappa shape index (κ3) is 4.47. The standard InChI is InChI=1S/C10H18N2O3S/c11-7-3-4-8-16(14,15)12-9-10(13)5-1-2-6-10/h12-13H,1-6,8-9H2. The van der Waals surface area contributed by atoms with E-state index in [2.05, 4.69) is 4.72 Å². The number of nitrogens with one attached hydrogen (secondary N) is 1. The van der Waals surface area contributed by atoms with E-state index in [-0.39, 0.29) is 18.7 Å². The Morgan fingerprint density at radius 1 is 1.38 bits per heavy atom. The van der Waals surface area contributed by atoms with Gasteiger partial charge >= 0.3 is 0 Å². The Labute approximate surface area is 96.5 Å². The van der Waals surface area contributed by atoms with Gasteiger partial charge in [0.05, 0.1) is 17.4 Å². The predicted molar refractivity (Wildman–Crippen MR) is 60.1 cm³/mol. The molecule has 0 aromatic carbocycles. The van der Waals surface area contributed by atoms with Crippen LogP contribution in [0.15, 0.2) is 0 Å². The summed E-state index contributed by atoms with van der Waals surface area (Å²) >= 11 is 0. The van der Waals surface area contributed by atoms with E-state index < -0.39 is 15.6 Å². The molecule has 0 radical (unpaired) electrons. The summed E-state index contributed by atoms with van der Waals surface area (Å²) in [6.07, 6.45) is 3.80. The van der Waals surface area contributed by atoms with Crippen LogP contribution < -0.4 is 4.72 Å². The number of nitriles is 1. The van der Waals surface area contributed by atoms with E-state index in [0.29, 0.717) is 19.3 Å². The number of nitrogens with zero attached hydrogens (tertiary/aromatic N) is 1. The second kappa shape index (κ2) is 5.62. The molecule has 0 spiro atoms. The highest BCUT2D eigenvalue weighted by Gasteiger charge is 2.32. The molecular formula is C10H18N2O3S. The van der Waals surface area contributed by atoms with E-state index in [1.54, 1.807) is 0 Å². The summed E-state index contributed by atoms with van der Waals surface area (Å²) in [7, 11) is -3.34. The van der Waals surface area contributed by atoms with E-state index >= 15 is 0 Å². The molecule has 0 bridgehead atoms. The van der Waals surface area contributed by atoms with Crippen LogP contribution in [0.1, 0.15) is 38.5 Å². The van der Waals surface area contributed by atoms with Crippen LogP contribution in [-0.4, -0.2) is 31.4 Å². The van der Waals surface area contributed by atoms with Gasteiger partial charge in [0.15, 0.2) is 0 Å². The lowest BCUT2D eigenvalue weighted by molar-refractivity contribution is 0.0532. The topological polar surface area (TPSA) is 90.2 Å². The molecule has 1 aliphatic rings. The van der Waals surface area contributed by atoms with Gasteiger partial charge in [0.1, 0.15) is 0 Å². The number of hydrogen-bond donors (Lipinski definition) is 2. The van der Waals surface area contributed by atoms with E-state index in [1.165, 1.54) is 0 Å². The third-order valence-corrected chi connectivity index (χ3v) is 4.27. The number of hydrogen-bond acceptors (Lipinski definition) is 4. The molecule has 2 N–H and O–H groups in total. The number of sulfonamides is 1. The monoisotopic (exact) mass is 246 g/mol. The second-order valence-electron chi connectivity index (χ2n) is 4.33. The van der Waals surface area contributed by atoms with E-state index in [4.69, 9.17) is 5.26 Å². The fourth-order valence-corrected chi connectivity index (χ4v) is 3.02. The molecule has 1 rings (SSSR count). The minimum Gasteiger partial charge on any atom is -0.389 e. The molecular weight excluding hydrogens is 228 g/mol. The van der Waals surface area contributed by atoms with Crippen molar-refractivity contribution in [3.05, 3.63) is 0 Å². The van der Waals surface area contributed by atoms with Crippen LogP contribution in [0.5, 0.6) is 0 Å². The van der Waals surface area contributed by atoms with Crippen molar-refractivity contribution >= 4 is 10.0 Å². The zero-order valence-corrected chi connectivity index (χ0v) is 10.1. The fraction of sp³-hybridized carbons (Fsp3) is 0.900. The Morgan fingerprint density at radius 3 is 2.56 bits per heavy atom. The predicted octanol–water partition coefficient (Wildman–Crippen LogP) is 0.515. The maximum absolute atomic E-state index is 11.5. The first kappa shape index (κ1) is 13.4. The molecule has 1 aliphatic carbocycles. The maximum Gasteiger partial charge on any atom is 0.211 e. The number of unbranched alkanes of at least 4 members (excludes halogenated alkanes) is 1. The van der Waals surface area contributed by atoms with Crippen LogP contribution in [0.25, 0.3) is 0 Å². The van der Waals surface area contributed by atoms with Crippen molar-refractivity contribution in [1.29, 1.82) is 5.26 Å². The Bertz CT molecular complexity index is 353. The van der Waals surface area contributed by atoms with Gasteiger partial charge in [-0.2, -0.15) is 5.26 Å². The van der Waals surface area contributed by atoms with Gasteiger partial charge in [-0.25, -0.2) is 13.1 Å². The highest BCUT2D eigenvalue weighted by molar-refractivity contribution is 7.89. The largest absolute Gasteiger partial charge is 0.389 e. The van der Waals surface area contributed by atoms with Gasteiger partial charge in [-0.3, -0.25) is 0 Å². The SMILES string of the molecule is N#CCCCS(=O)(=O)NCC1(O)CCCC1. The molecule has 0 aromatic rings. The molecule has 0 aromatic heterocycles. The Balaban J connectivity index is 2.33. The Morgan fingerprint density at radius 2 is 2.00 bits per heavy atom. The molecule has 0 heterocycles. The molecule has 6 heteroatoms. The van der Waals surface area contributed by atoms with Gasteiger partial charge in [-0.15, -0.1) is 0 Å². The molecule has 1 saturated carbocycles. The van der Waals surface area contributed by atoms with Gasteiger partial charge in [0, 0.05) is 13.0 Å². The third-order valence-electron chi connectivity index (χ3n) is 2.86. The van der Waals surface area contributed by atoms with Crippen LogP contribution in [0.4, 0.5) is 0 Å². The summed E-state index contributed by atoms with van der Waals surface area (Å²) in [5.74, 6) is -0.0450. The van der Waals surface area contributed by atoms with Crippen molar-refractivity contribution in [2.45, 2.75) is 44.1 Å². The van der Waals surface area contributed by atoms with Crippen LogP contribution >= 0.6 is 0 Å². The molecule has 5 nitrogen and oxygen atoms in total. The van der Waals surface area contributed by atoms with Crippen molar-refractivity contribution in [1.82, 2.24) is 4.72 Å². The van der Waals surface area contributed by atoms with Crippen LogP contribution in [0.2, 0.25) is 0 Å². The maximum atomic E-state index is 11.5. The highest BCUT2D eigenvalue weighted by Crippen LogP contribution is 2.28. The smallest absolute Gasteiger partial charge is 0.211 e. The summed E-state index contributed by atoms with van der Waals surface area (Å²) < 4.78 is 25.4. The van der Waals surface area contributed by atoms with Gasteiger partial charge < -0.3 is 5.11 Å². The van der Waals surface area contributed by atoms with Gasteiger partial charge in [0.25, 0.3) is 0 Å². The Hall–Kier alpha value is -0.640. The lowest BCUT2D eigenvalue weighted by Gasteiger charge is -2.22. The Kier molecular flexibility index (Phi) is 4.71. The van der Waals surface area contributed by atoms with Gasteiger partial charge in [0.2, 0.25) is 10.0 Å². The fourth-order valence-electron chi connectivity index (χ4n) is 1.87. The van der Waals surface area contributed by atoms with Crippen molar-refractivity contribution < 1.29 is 13.5 Å². The molecule has 0 amide bonds. The normalized spacial score (nSPS) is 19.5. The van der Waals surface area contributed by atoms with Crippen molar-refractivity contribution in [3.8, 4) is 6.07 Å². The summed E-state index contributed by atoms with van der Waals surface area (Å²) in [5, 5.41) is 18.2. The summed E-state index contributed by atoms with van der Waals surface area (Å²) in [4.78, 5) is 0. The van der Waals surface area contributed by atoms with E-state index in [9.17, 15) is 13.5 Å². The molecule has 0 unspecified atom stereocenters. The average molecular weight is 246 g/mol. The van der Waals surface area contributed by atoms with Gasteiger partial charge in [-0.1, -0.05) is 12.8 Å². The average Bonchev–Trinajstić information content (AvgIpc) is 2.64. The first-order chi connectivity index (χ1) is 7.47. The molecule has 0 atom stereocenters. The summed E-state index contributed by atoms with van der Waals surface area (Å²) in [5.41, 5.74) is -0.859.